The summed E-state index contributed by atoms with van der Waals surface area (Å²) in [4.78, 5) is 15.3. The summed E-state index contributed by atoms with van der Waals surface area (Å²) >= 11 is 0. The molecule has 1 saturated heterocycles. The molecule has 0 unspecified atom stereocenters. The number of imidazole rings is 1. The van der Waals surface area contributed by atoms with Crippen molar-refractivity contribution in [2.75, 3.05) is 13.1 Å². The Hall–Kier alpha value is -0.780. The van der Waals surface area contributed by atoms with Gasteiger partial charge in [-0.15, -0.1) is 0 Å². The van der Waals surface area contributed by atoms with Crippen molar-refractivity contribution in [3.63, 3.8) is 0 Å². The molecule has 1 fully saturated rings. The number of aromatic nitrogens is 2. The van der Waals surface area contributed by atoms with Gasteiger partial charge in [0.1, 0.15) is 12.2 Å². The fraction of sp³-hybridized carbons (Fsp3) is 0.692. The second-order valence-electron chi connectivity index (χ2n) is 6.03. The van der Waals surface area contributed by atoms with Gasteiger partial charge in [-0.3, -0.25) is 4.79 Å². The van der Waals surface area contributed by atoms with Crippen LogP contribution in [-0.4, -0.2) is 29.5 Å². The van der Waals surface area contributed by atoms with Gasteiger partial charge in [0.05, 0.1) is 13.1 Å². The molecule has 2 heterocycles. The number of amides is 1. The molecule has 4 N–H and O–H groups in total. The van der Waals surface area contributed by atoms with Crippen LogP contribution in [0, 0.1) is 0 Å². The fourth-order valence-corrected chi connectivity index (χ4v) is 2.42. The smallest absolute Gasteiger partial charge is 0.295 e. The summed E-state index contributed by atoms with van der Waals surface area (Å²) in [6.45, 7) is 8.28. The molecule has 20 heavy (non-hydrogen) atoms. The lowest BCUT2D eigenvalue weighted by Gasteiger charge is -2.22. The first-order chi connectivity index (χ1) is 8.47. The molecule has 0 saturated carbocycles. The largest absolute Gasteiger partial charge is 1.00 e. The molecule has 1 amide bonds. The van der Waals surface area contributed by atoms with E-state index in [4.69, 9.17) is 0 Å². The normalized spacial score (nSPS) is 15.9. The van der Waals surface area contributed by atoms with Crippen molar-refractivity contribution in [3.05, 3.63) is 18.2 Å². The third-order valence-electron chi connectivity index (χ3n) is 3.23. The van der Waals surface area contributed by atoms with Crippen LogP contribution in [0.1, 0.15) is 50.1 Å². The van der Waals surface area contributed by atoms with E-state index in [2.05, 4.69) is 20.2 Å². The van der Waals surface area contributed by atoms with Gasteiger partial charge in [0.15, 0.2) is 0 Å². The van der Waals surface area contributed by atoms with Crippen molar-refractivity contribution >= 4 is 5.91 Å². The van der Waals surface area contributed by atoms with Crippen molar-refractivity contribution in [3.8, 4) is 0 Å². The average molecular weight is 323 g/mol. The first-order valence-electron chi connectivity index (χ1n) is 6.69. The van der Waals surface area contributed by atoms with E-state index in [1.54, 1.807) is 6.20 Å². The molecular formula is C13H24Cl2N4O. The van der Waals surface area contributed by atoms with Crippen molar-refractivity contribution in [2.45, 2.75) is 45.2 Å². The van der Waals surface area contributed by atoms with Gasteiger partial charge < -0.3 is 35.4 Å². The van der Waals surface area contributed by atoms with Crippen LogP contribution in [0.5, 0.6) is 0 Å². The van der Waals surface area contributed by atoms with Gasteiger partial charge in [-0.2, -0.15) is 0 Å². The van der Waals surface area contributed by atoms with Crippen molar-refractivity contribution in [1.82, 2.24) is 10.3 Å². The lowest BCUT2D eigenvalue weighted by atomic mass is 10.1. The van der Waals surface area contributed by atoms with E-state index in [9.17, 15) is 4.79 Å². The Labute approximate surface area is 132 Å². The van der Waals surface area contributed by atoms with Crippen LogP contribution in [0.3, 0.4) is 0 Å². The summed E-state index contributed by atoms with van der Waals surface area (Å²) < 4.78 is 2.09. The number of hydrogen-bond acceptors (Lipinski definition) is 1. The molecule has 0 spiro atoms. The number of piperidine rings is 1. The van der Waals surface area contributed by atoms with Crippen molar-refractivity contribution < 1.29 is 39.5 Å². The van der Waals surface area contributed by atoms with Crippen LogP contribution in [0.15, 0.2) is 12.5 Å². The maximum absolute atomic E-state index is 12.2. The quantitative estimate of drug-likeness (QED) is 0.466. The monoisotopic (exact) mass is 322 g/mol. The molecule has 0 atom stereocenters. The molecule has 0 bridgehead atoms. The Balaban J connectivity index is 0.00000180. The maximum atomic E-state index is 12.2. The first kappa shape index (κ1) is 19.2. The highest BCUT2D eigenvalue weighted by molar-refractivity contribution is 5.91. The summed E-state index contributed by atoms with van der Waals surface area (Å²) in [5, 5.41) is 5.35. The van der Waals surface area contributed by atoms with Gasteiger partial charge in [-0.05, 0) is 20.8 Å². The number of rotatable bonds is 2. The minimum absolute atomic E-state index is 0. The van der Waals surface area contributed by atoms with Crippen LogP contribution in [0.2, 0.25) is 0 Å². The number of nitrogens with zero attached hydrogens (tertiary/aromatic N) is 1. The van der Waals surface area contributed by atoms with E-state index in [1.165, 1.54) is 0 Å². The summed E-state index contributed by atoms with van der Waals surface area (Å²) in [5.41, 5.74) is 0.531. The molecule has 0 radical (unpaired) electrons. The second-order valence-corrected chi connectivity index (χ2v) is 6.03. The number of H-pyrrole nitrogens is 1. The molecule has 1 aromatic rings. The number of nitrogens with two attached hydrogens (primary N) is 1. The minimum atomic E-state index is -0.202. The van der Waals surface area contributed by atoms with Gasteiger partial charge in [0.2, 0.25) is 12.0 Å². The topological polar surface area (TPSA) is 65.4 Å². The molecular weight excluding hydrogens is 299 g/mol. The standard InChI is InChI=1S/C13H22N4O.2ClH/c1-13(2,3)16-12(18)11-8-15-9-17(11)10-4-6-14-7-5-10;;/h8-10,14H,4-7H2,1-3H3,(H,16,18);2*1H. The molecule has 116 valence electrons. The molecule has 0 aromatic carbocycles. The summed E-state index contributed by atoms with van der Waals surface area (Å²) in [7, 11) is 0. The number of hydrogen-bond donors (Lipinski definition) is 3. The molecule has 1 aromatic heterocycles. The fourth-order valence-electron chi connectivity index (χ4n) is 2.42. The Morgan fingerprint density at radius 1 is 1.35 bits per heavy atom. The third-order valence-corrected chi connectivity index (χ3v) is 3.23. The van der Waals surface area contributed by atoms with Crippen molar-refractivity contribution in [2.24, 2.45) is 0 Å². The van der Waals surface area contributed by atoms with Gasteiger partial charge in [0.25, 0.3) is 5.91 Å². The van der Waals surface area contributed by atoms with E-state index in [1.807, 2.05) is 27.1 Å². The summed E-state index contributed by atoms with van der Waals surface area (Å²) in [6.07, 6.45) is 5.95. The highest BCUT2D eigenvalue weighted by Gasteiger charge is 2.28. The number of quaternary nitrogens is 1. The van der Waals surface area contributed by atoms with Crippen LogP contribution >= 0.6 is 0 Å². The molecule has 5 nitrogen and oxygen atoms in total. The van der Waals surface area contributed by atoms with Gasteiger partial charge in [-0.1, -0.05) is 0 Å². The summed E-state index contributed by atoms with van der Waals surface area (Å²) in [5.74, 6) is -0.00157. The highest BCUT2D eigenvalue weighted by atomic mass is 35.5. The van der Waals surface area contributed by atoms with E-state index < -0.39 is 0 Å². The van der Waals surface area contributed by atoms with E-state index in [-0.39, 0.29) is 36.3 Å². The van der Waals surface area contributed by atoms with Crippen LogP contribution in [0.25, 0.3) is 0 Å². The Morgan fingerprint density at radius 3 is 2.50 bits per heavy atom. The van der Waals surface area contributed by atoms with E-state index in [0.29, 0.717) is 6.04 Å². The third kappa shape index (κ3) is 4.96. The van der Waals surface area contributed by atoms with Crippen LogP contribution in [-0.2, 0) is 0 Å². The predicted molar refractivity (Wildman–Crippen MR) is 68.1 cm³/mol. The van der Waals surface area contributed by atoms with Crippen molar-refractivity contribution in [1.29, 1.82) is 0 Å². The lowest BCUT2D eigenvalue weighted by Crippen LogP contribution is -3.00. The number of carbonyl (C=O) groups is 1. The summed E-state index contributed by atoms with van der Waals surface area (Å²) in [6, 6.07) is 0.446. The van der Waals surface area contributed by atoms with Crippen LogP contribution in [0.4, 0.5) is 0 Å². The van der Waals surface area contributed by atoms with Crippen LogP contribution < -0.4 is 40.0 Å². The van der Waals surface area contributed by atoms with Gasteiger partial charge in [-0.25, -0.2) is 9.55 Å². The van der Waals surface area contributed by atoms with Gasteiger partial charge >= 0.3 is 0 Å². The predicted octanol–water partition coefficient (Wildman–Crippen LogP) is -6.26. The second kappa shape index (κ2) is 7.86. The number of carbonyl (C=O) groups excluding carboxylic acids is 1. The number of nitrogens with one attached hydrogen (secondary N) is 2. The highest BCUT2D eigenvalue weighted by Crippen LogP contribution is 2.10. The lowest BCUT2D eigenvalue weighted by molar-refractivity contribution is -0.757. The molecule has 0 aliphatic carbocycles. The van der Waals surface area contributed by atoms with E-state index in [0.717, 1.165) is 31.6 Å². The SMILES string of the molecule is CC(C)(C)NC(=O)c1c[nH]c[n+]1C1CC[NH2+]CC1.[Cl-].[Cl-]. The Bertz CT molecular complexity index is 422. The van der Waals surface area contributed by atoms with Gasteiger partial charge in [0, 0.05) is 18.4 Å². The zero-order chi connectivity index (χ0) is 13.2. The van der Waals surface area contributed by atoms with E-state index >= 15 is 0 Å². The Kier molecular flexibility index (Phi) is 7.55. The zero-order valence-corrected chi connectivity index (χ0v) is 13.8. The average Bonchev–Trinajstić information content (AvgIpc) is 2.76. The molecule has 1 aliphatic rings. The molecule has 2 rings (SSSR count). The number of aromatic amines is 1. The Morgan fingerprint density at radius 2 is 1.95 bits per heavy atom. The maximum Gasteiger partial charge on any atom is 0.295 e. The molecule has 1 aliphatic heterocycles. The first-order valence-corrected chi connectivity index (χ1v) is 6.69. The molecule has 7 heteroatoms. The number of halogens is 2. The minimum Gasteiger partial charge on any atom is -1.00 e. The zero-order valence-electron chi connectivity index (χ0n) is 12.2.